The summed E-state index contributed by atoms with van der Waals surface area (Å²) in [7, 11) is 1.49. The number of carbonyl (C=O) groups is 2. The highest BCUT2D eigenvalue weighted by molar-refractivity contribution is 5.95. The summed E-state index contributed by atoms with van der Waals surface area (Å²) >= 11 is 0. The molecular weight excluding hydrogens is 210 g/mol. The molecule has 7 nitrogen and oxygen atoms in total. The lowest BCUT2D eigenvalue weighted by Crippen LogP contribution is -2.43. The highest BCUT2D eigenvalue weighted by Gasteiger charge is 2.16. The van der Waals surface area contributed by atoms with Gasteiger partial charge in [-0.3, -0.25) is 14.6 Å². The van der Waals surface area contributed by atoms with Crippen LogP contribution >= 0.6 is 0 Å². The summed E-state index contributed by atoms with van der Waals surface area (Å²) in [4.78, 5) is 30.2. The molecule has 0 aliphatic heterocycles. The Labute approximate surface area is 92.5 Å². The van der Waals surface area contributed by atoms with Gasteiger partial charge in [-0.1, -0.05) is 0 Å². The largest absolute Gasteiger partial charge is 0.382 e. The highest BCUT2D eigenvalue weighted by atomic mass is 16.2. The van der Waals surface area contributed by atoms with Crippen LogP contribution in [0.4, 0.5) is 5.82 Å². The van der Waals surface area contributed by atoms with Gasteiger partial charge in [0.1, 0.15) is 17.6 Å². The van der Waals surface area contributed by atoms with Crippen LogP contribution in [0.5, 0.6) is 0 Å². The molecule has 0 saturated carbocycles. The van der Waals surface area contributed by atoms with Crippen LogP contribution in [0, 0.1) is 0 Å². The summed E-state index contributed by atoms with van der Waals surface area (Å²) in [6.07, 6.45) is 2.61. The highest BCUT2D eigenvalue weighted by Crippen LogP contribution is 1.97. The van der Waals surface area contributed by atoms with Gasteiger partial charge in [-0.05, 0) is 6.92 Å². The normalized spacial score (nSPS) is 11.6. The number of nitrogens with two attached hydrogens (primary N) is 1. The third-order valence-corrected chi connectivity index (χ3v) is 1.87. The molecule has 0 aliphatic rings. The monoisotopic (exact) mass is 223 g/mol. The maximum absolute atomic E-state index is 11.6. The van der Waals surface area contributed by atoms with E-state index in [2.05, 4.69) is 20.6 Å². The van der Waals surface area contributed by atoms with E-state index in [0.717, 1.165) is 0 Å². The molecule has 0 fully saturated rings. The molecule has 1 aromatic heterocycles. The van der Waals surface area contributed by atoms with Crippen LogP contribution in [-0.4, -0.2) is 34.9 Å². The van der Waals surface area contributed by atoms with Crippen LogP contribution in [0.15, 0.2) is 12.4 Å². The van der Waals surface area contributed by atoms with Crippen molar-refractivity contribution < 1.29 is 9.59 Å². The zero-order valence-corrected chi connectivity index (χ0v) is 9.02. The van der Waals surface area contributed by atoms with Gasteiger partial charge in [0.25, 0.3) is 5.91 Å². The molecule has 4 N–H and O–H groups in total. The predicted octanol–water partition coefficient (Wildman–Crippen LogP) is -1.08. The van der Waals surface area contributed by atoms with Gasteiger partial charge in [-0.2, -0.15) is 0 Å². The topological polar surface area (TPSA) is 110 Å². The minimum absolute atomic E-state index is 0.0794. The van der Waals surface area contributed by atoms with E-state index in [1.54, 1.807) is 6.92 Å². The Morgan fingerprint density at radius 2 is 2.12 bits per heavy atom. The molecule has 0 aliphatic carbocycles. The van der Waals surface area contributed by atoms with Crippen LogP contribution in [0.3, 0.4) is 0 Å². The van der Waals surface area contributed by atoms with Crippen molar-refractivity contribution in [1.29, 1.82) is 0 Å². The number of nitrogens with zero attached hydrogens (tertiary/aromatic N) is 2. The minimum Gasteiger partial charge on any atom is -0.382 e. The molecule has 86 valence electrons. The molecule has 2 amide bonds. The first kappa shape index (κ1) is 11.9. The Bertz CT molecular complexity index is 407. The van der Waals surface area contributed by atoms with E-state index < -0.39 is 11.9 Å². The first-order valence-electron chi connectivity index (χ1n) is 4.64. The molecular formula is C9H13N5O2. The van der Waals surface area contributed by atoms with E-state index in [1.165, 1.54) is 19.4 Å². The van der Waals surface area contributed by atoms with Crippen molar-refractivity contribution in [1.82, 2.24) is 20.6 Å². The van der Waals surface area contributed by atoms with E-state index in [1.807, 2.05) is 0 Å². The lowest BCUT2D eigenvalue weighted by molar-refractivity contribution is -0.122. The van der Waals surface area contributed by atoms with Gasteiger partial charge in [-0.25, -0.2) is 4.98 Å². The van der Waals surface area contributed by atoms with Crippen molar-refractivity contribution in [3.8, 4) is 0 Å². The Morgan fingerprint density at radius 1 is 1.44 bits per heavy atom. The Kier molecular flexibility index (Phi) is 3.76. The molecule has 1 unspecified atom stereocenters. The number of rotatable bonds is 3. The fraction of sp³-hybridized carbons (Fsp3) is 0.333. The molecule has 0 saturated heterocycles. The molecule has 16 heavy (non-hydrogen) atoms. The zero-order valence-electron chi connectivity index (χ0n) is 9.02. The van der Waals surface area contributed by atoms with E-state index >= 15 is 0 Å². The van der Waals surface area contributed by atoms with Gasteiger partial charge in [0, 0.05) is 7.05 Å². The number of aromatic nitrogens is 2. The number of likely N-dealkylation sites (N-methyl/N-ethyl adjacent to an activating group) is 1. The van der Waals surface area contributed by atoms with Crippen molar-refractivity contribution in [3.05, 3.63) is 18.1 Å². The number of nitrogens with one attached hydrogen (secondary N) is 2. The van der Waals surface area contributed by atoms with Gasteiger partial charge >= 0.3 is 0 Å². The van der Waals surface area contributed by atoms with Gasteiger partial charge < -0.3 is 16.4 Å². The van der Waals surface area contributed by atoms with Crippen LogP contribution < -0.4 is 16.4 Å². The van der Waals surface area contributed by atoms with E-state index in [9.17, 15) is 9.59 Å². The summed E-state index contributed by atoms with van der Waals surface area (Å²) in [5, 5.41) is 4.88. The molecule has 1 rings (SSSR count). The van der Waals surface area contributed by atoms with Crippen LogP contribution in [0.1, 0.15) is 17.4 Å². The fourth-order valence-electron chi connectivity index (χ4n) is 1.04. The zero-order chi connectivity index (χ0) is 12.1. The smallest absolute Gasteiger partial charge is 0.272 e. The van der Waals surface area contributed by atoms with Gasteiger partial charge in [-0.15, -0.1) is 0 Å². The average Bonchev–Trinajstić information content (AvgIpc) is 2.27. The number of amides is 2. The molecule has 1 aromatic rings. The van der Waals surface area contributed by atoms with Gasteiger partial charge in [0.15, 0.2) is 0 Å². The predicted molar refractivity (Wildman–Crippen MR) is 57.4 cm³/mol. The number of hydrogen-bond donors (Lipinski definition) is 3. The second kappa shape index (κ2) is 5.06. The number of carbonyl (C=O) groups excluding carboxylic acids is 2. The molecule has 0 spiro atoms. The SMILES string of the molecule is CNC(=O)C(C)NC(=O)c1cncc(N)n1. The number of nitrogen functional groups attached to an aromatic ring is 1. The fourth-order valence-corrected chi connectivity index (χ4v) is 1.04. The van der Waals surface area contributed by atoms with Crippen molar-refractivity contribution in [2.75, 3.05) is 12.8 Å². The maximum Gasteiger partial charge on any atom is 0.272 e. The summed E-state index contributed by atoms with van der Waals surface area (Å²) in [6, 6.07) is -0.638. The molecule has 1 atom stereocenters. The quantitative estimate of drug-likeness (QED) is 0.604. The van der Waals surface area contributed by atoms with Gasteiger partial charge in [0.2, 0.25) is 5.91 Å². The molecule has 1 heterocycles. The number of anilines is 1. The first-order valence-corrected chi connectivity index (χ1v) is 4.64. The molecule has 0 radical (unpaired) electrons. The van der Waals surface area contributed by atoms with Gasteiger partial charge in [0.05, 0.1) is 12.4 Å². The minimum atomic E-state index is -0.638. The Hall–Kier alpha value is -2.18. The standard InChI is InChI=1S/C9H13N5O2/c1-5(8(15)11-2)13-9(16)6-3-12-4-7(10)14-6/h3-5H,1-2H3,(H2,10,14)(H,11,15)(H,13,16). The lowest BCUT2D eigenvalue weighted by Gasteiger charge is -2.11. The Morgan fingerprint density at radius 3 is 2.69 bits per heavy atom. The Balaban J connectivity index is 2.69. The molecule has 0 bridgehead atoms. The molecule has 0 aromatic carbocycles. The van der Waals surface area contributed by atoms with E-state index in [4.69, 9.17) is 5.73 Å². The summed E-state index contributed by atoms with van der Waals surface area (Å²) in [6.45, 7) is 1.57. The van der Waals surface area contributed by atoms with E-state index in [0.29, 0.717) is 0 Å². The van der Waals surface area contributed by atoms with Crippen LogP contribution in [0.2, 0.25) is 0 Å². The third-order valence-electron chi connectivity index (χ3n) is 1.87. The average molecular weight is 223 g/mol. The summed E-state index contributed by atoms with van der Waals surface area (Å²) in [5.74, 6) is -0.624. The van der Waals surface area contributed by atoms with Crippen LogP contribution in [0.25, 0.3) is 0 Å². The summed E-state index contributed by atoms with van der Waals surface area (Å²) in [5.41, 5.74) is 5.46. The summed E-state index contributed by atoms with van der Waals surface area (Å²) < 4.78 is 0. The lowest BCUT2D eigenvalue weighted by atomic mass is 10.3. The van der Waals surface area contributed by atoms with Crippen LogP contribution in [-0.2, 0) is 4.79 Å². The second-order valence-electron chi connectivity index (χ2n) is 3.14. The molecule has 7 heteroatoms. The van der Waals surface area contributed by atoms with Crippen molar-refractivity contribution in [2.45, 2.75) is 13.0 Å². The number of hydrogen-bond acceptors (Lipinski definition) is 5. The van der Waals surface area contributed by atoms with E-state index in [-0.39, 0.29) is 17.4 Å². The van der Waals surface area contributed by atoms with Crippen molar-refractivity contribution in [2.24, 2.45) is 0 Å². The third kappa shape index (κ3) is 2.91. The van der Waals surface area contributed by atoms with Crippen molar-refractivity contribution in [3.63, 3.8) is 0 Å². The maximum atomic E-state index is 11.6. The first-order chi connectivity index (χ1) is 7.54. The van der Waals surface area contributed by atoms with Crippen molar-refractivity contribution >= 4 is 17.6 Å². The second-order valence-corrected chi connectivity index (χ2v) is 3.14.